The van der Waals surface area contributed by atoms with Gasteiger partial charge in [-0.05, 0) is 30.4 Å². The van der Waals surface area contributed by atoms with E-state index in [9.17, 15) is 0 Å². The lowest BCUT2D eigenvalue weighted by Crippen LogP contribution is -2.19. The molecule has 0 radical (unpaired) electrons. The van der Waals surface area contributed by atoms with Crippen LogP contribution in [0.4, 0.5) is 0 Å². The second-order valence-corrected chi connectivity index (χ2v) is 5.54. The molecule has 0 aliphatic heterocycles. The third-order valence-corrected chi connectivity index (χ3v) is 3.33. The molecule has 0 saturated heterocycles. The van der Waals surface area contributed by atoms with Gasteiger partial charge in [0, 0.05) is 6.42 Å². The van der Waals surface area contributed by atoms with E-state index >= 15 is 0 Å². The Bertz CT molecular complexity index is 488. The van der Waals surface area contributed by atoms with E-state index in [2.05, 4.69) is 35.9 Å². The molecule has 2 aromatic rings. The summed E-state index contributed by atoms with van der Waals surface area (Å²) in [6.07, 6.45) is 3.99. The summed E-state index contributed by atoms with van der Waals surface area (Å²) in [7, 11) is 0. The SMILES string of the molecule is CC(C)CC(CN)Cc1ncc(-c2ccccc2)[nH]1. The van der Waals surface area contributed by atoms with Gasteiger partial charge < -0.3 is 10.7 Å². The molecule has 0 aliphatic rings. The summed E-state index contributed by atoms with van der Waals surface area (Å²) in [6.45, 7) is 5.19. The van der Waals surface area contributed by atoms with Crippen LogP contribution in [0.5, 0.6) is 0 Å². The van der Waals surface area contributed by atoms with E-state index in [1.54, 1.807) is 0 Å². The van der Waals surface area contributed by atoms with Crippen LogP contribution in [0.3, 0.4) is 0 Å². The highest BCUT2D eigenvalue weighted by molar-refractivity contribution is 5.57. The van der Waals surface area contributed by atoms with E-state index < -0.39 is 0 Å². The Morgan fingerprint density at radius 3 is 2.58 bits per heavy atom. The van der Waals surface area contributed by atoms with Gasteiger partial charge in [-0.2, -0.15) is 0 Å². The van der Waals surface area contributed by atoms with Crippen molar-refractivity contribution in [3.63, 3.8) is 0 Å². The van der Waals surface area contributed by atoms with Gasteiger partial charge in [0.1, 0.15) is 5.82 Å². The summed E-state index contributed by atoms with van der Waals surface area (Å²) in [5, 5.41) is 0. The van der Waals surface area contributed by atoms with Crippen LogP contribution < -0.4 is 5.73 Å². The number of H-pyrrole nitrogens is 1. The van der Waals surface area contributed by atoms with Crippen LogP contribution in [-0.4, -0.2) is 16.5 Å². The topological polar surface area (TPSA) is 54.7 Å². The Kier molecular flexibility index (Phi) is 4.74. The van der Waals surface area contributed by atoms with Crippen molar-refractivity contribution in [2.75, 3.05) is 6.54 Å². The largest absolute Gasteiger partial charge is 0.342 e. The van der Waals surface area contributed by atoms with Crippen molar-refractivity contribution in [3.8, 4) is 11.3 Å². The minimum Gasteiger partial charge on any atom is -0.342 e. The number of aromatic amines is 1. The molecule has 0 aliphatic carbocycles. The van der Waals surface area contributed by atoms with E-state index in [0.29, 0.717) is 11.8 Å². The summed E-state index contributed by atoms with van der Waals surface area (Å²) >= 11 is 0. The van der Waals surface area contributed by atoms with E-state index in [-0.39, 0.29) is 0 Å². The second-order valence-electron chi connectivity index (χ2n) is 5.54. The smallest absolute Gasteiger partial charge is 0.106 e. The van der Waals surface area contributed by atoms with Crippen LogP contribution >= 0.6 is 0 Å². The van der Waals surface area contributed by atoms with Crippen molar-refractivity contribution in [2.45, 2.75) is 26.7 Å². The highest BCUT2D eigenvalue weighted by Gasteiger charge is 2.12. The van der Waals surface area contributed by atoms with Crippen molar-refractivity contribution in [1.29, 1.82) is 0 Å². The van der Waals surface area contributed by atoms with Crippen LogP contribution in [0, 0.1) is 11.8 Å². The molecule has 102 valence electrons. The quantitative estimate of drug-likeness (QED) is 0.834. The Balaban J connectivity index is 2.05. The Hall–Kier alpha value is -1.61. The predicted molar refractivity (Wildman–Crippen MR) is 79.7 cm³/mol. The maximum absolute atomic E-state index is 5.85. The molecule has 1 atom stereocenters. The number of hydrogen-bond acceptors (Lipinski definition) is 2. The zero-order chi connectivity index (χ0) is 13.7. The first-order valence-electron chi connectivity index (χ1n) is 6.98. The first-order chi connectivity index (χ1) is 9.19. The van der Waals surface area contributed by atoms with Gasteiger partial charge in [0.2, 0.25) is 0 Å². The van der Waals surface area contributed by atoms with Crippen LogP contribution in [-0.2, 0) is 6.42 Å². The molecule has 1 aromatic carbocycles. The number of nitrogens with one attached hydrogen (secondary N) is 1. The standard InChI is InChI=1S/C16H23N3/c1-12(2)8-13(10-17)9-16-18-11-15(19-16)14-6-4-3-5-7-14/h3-7,11-13H,8-10,17H2,1-2H3,(H,18,19). The molecule has 1 heterocycles. The van der Waals surface area contributed by atoms with E-state index in [4.69, 9.17) is 5.73 Å². The molecule has 0 fully saturated rings. The van der Waals surface area contributed by atoms with Gasteiger partial charge in [-0.1, -0.05) is 44.2 Å². The van der Waals surface area contributed by atoms with Crippen LogP contribution in [0.2, 0.25) is 0 Å². The summed E-state index contributed by atoms with van der Waals surface area (Å²) in [4.78, 5) is 7.88. The fourth-order valence-corrected chi connectivity index (χ4v) is 2.43. The van der Waals surface area contributed by atoms with E-state index in [0.717, 1.165) is 30.9 Å². The summed E-state index contributed by atoms with van der Waals surface area (Å²) < 4.78 is 0. The van der Waals surface area contributed by atoms with Crippen LogP contribution in [0.25, 0.3) is 11.3 Å². The first-order valence-corrected chi connectivity index (χ1v) is 6.98. The van der Waals surface area contributed by atoms with Crippen molar-refractivity contribution in [1.82, 2.24) is 9.97 Å². The van der Waals surface area contributed by atoms with E-state index in [1.807, 2.05) is 24.4 Å². The number of benzene rings is 1. The van der Waals surface area contributed by atoms with Gasteiger partial charge in [-0.25, -0.2) is 4.98 Å². The minimum absolute atomic E-state index is 0.509. The van der Waals surface area contributed by atoms with Crippen LogP contribution in [0.1, 0.15) is 26.1 Å². The minimum atomic E-state index is 0.509. The third kappa shape index (κ3) is 3.93. The molecule has 0 spiro atoms. The van der Waals surface area contributed by atoms with Crippen molar-refractivity contribution in [3.05, 3.63) is 42.4 Å². The third-order valence-electron chi connectivity index (χ3n) is 3.33. The molecule has 3 heteroatoms. The molecular formula is C16H23N3. The molecule has 1 unspecified atom stereocenters. The van der Waals surface area contributed by atoms with Gasteiger partial charge in [0.05, 0.1) is 11.9 Å². The fourth-order valence-electron chi connectivity index (χ4n) is 2.43. The van der Waals surface area contributed by atoms with Gasteiger partial charge in [-0.3, -0.25) is 0 Å². The number of rotatable bonds is 6. The molecular weight excluding hydrogens is 234 g/mol. The monoisotopic (exact) mass is 257 g/mol. The number of nitrogens with two attached hydrogens (primary N) is 1. The van der Waals surface area contributed by atoms with Crippen molar-refractivity contribution in [2.24, 2.45) is 17.6 Å². The maximum atomic E-state index is 5.85. The average Bonchev–Trinajstić information content (AvgIpc) is 2.87. The zero-order valence-corrected chi connectivity index (χ0v) is 11.8. The summed E-state index contributed by atoms with van der Waals surface area (Å²) in [5.41, 5.74) is 8.10. The highest BCUT2D eigenvalue weighted by atomic mass is 14.9. The summed E-state index contributed by atoms with van der Waals surface area (Å²) in [5.74, 6) is 2.22. The molecule has 3 N–H and O–H groups in total. The lowest BCUT2D eigenvalue weighted by Gasteiger charge is -2.15. The van der Waals surface area contributed by atoms with Gasteiger partial charge in [0.15, 0.2) is 0 Å². The number of hydrogen-bond donors (Lipinski definition) is 2. The molecule has 3 nitrogen and oxygen atoms in total. The Morgan fingerprint density at radius 1 is 1.21 bits per heavy atom. The van der Waals surface area contributed by atoms with Crippen molar-refractivity contribution < 1.29 is 0 Å². The highest BCUT2D eigenvalue weighted by Crippen LogP contribution is 2.19. The second kappa shape index (κ2) is 6.53. The van der Waals surface area contributed by atoms with Gasteiger partial charge in [0.25, 0.3) is 0 Å². The first kappa shape index (κ1) is 13.8. The van der Waals surface area contributed by atoms with Gasteiger partial charge in [-0.15, -0.1) is 0 Å². The molecule has 0 amide bonds. The van der Waals surface area contributed by atoms with Gasteiger partial charge >= 0.3 is 0 Å². The molecule has 2 rings (SSSR count). The fraction of sp³-hybridized carbons (Fsp3) is 0.438. The predicted octanol–water partition coefficient (Wildman–Crippen LogP) is 3.24. The lowest BCUT2D eigenvalue weighted by molar-refractivity contribution is 0.409. The van der Waals surface area contributed by atoms with Crippen molar-refractivity contribution >= 4 is 0 Å². The summed E-state index contributed by atoms with van der Waals surface area (Å²) in [6, 6.07) is 10.3. The Labute approximate surface area is 115 Å². The Morgan fingerprint density at radius 2 is 1.95 bits per heavy atom. The molecule has 0 saturated carbocycles. The van der Waals surface area contributed by atoms with Crippen LogP contribution in [0.15, 0.2) is 36.5 Å². The molecule has 19 heavy (non-hydrogen) atoms. The number of aromatic nitrogens is 2. The van der Waals surface area contributed by atoms with E-state index in [1.165, 1.54) is 5.56 Å². The molecule has 1 aromatic heterocycles. The lowest BCUT2D eigenvalue weighted by atomic mass is 9.94. The molecule has 0 bridgehead atoms. The normalized spacial score (nSPS) is 12.8. The number of nitrogens with zero attached hydrogens (tertiary/aromatic N) is 1. The average molecular weight is 257 g/mol. The maximum Gasteiger partial charge on any atom is 0.106 e. The number of imidazole rings is 1. The zero-order valence-electron chi connectivity index (χ0n) is 11.8.